The maximum atomic E-state index is 10.7. The summed E-state index contributed by atoms with van der Waals surface area (Å²) in [7, 11) is 3.39. The minimum Gasteiger partial charge on any atom is -0.478 e. The first-order chi connectivity index (χ1) is 6.11. The molecule has 0 aliphatic carbocycles. The quantitative estimate of drug-likeness (QED) is 0.713. The maximum absolute atomic E-state index is 10.7. The standard InChI is InChI=1S/C9H11NO3/c1-10(2)13-8-6-4-3-5-7(8)9(11)12/h3-6H,1-2H3,(H,11,12). The van der Waals surface area contributed by atoms with Crippen LogP contribution in [0.3, 0.4) is 0 Å². The predicted molar refractivity (Wildman–Crippen MR) is 47.7 cm³/mol. The molecule has 70 valence electrons. The van der Waals surface area contributed by atoms with Crippen molar-refractivity contribution in [1.82, 2.24) is 5.06 Å². The molecule has 13 heavy (non-hydrogen) atoms. The van der Waals surface area contributed by atoms with Crippen molar-refractivity contribution in [2.75, 3.05) is 14.1 Å². The Kier molecular flexibility index (Phi) is 2.87. The van der Waals surface area contributed by atoms with Crippen LogP contribution in [0, 0.1) is 0 Å². The summed E-state index contributed by atoms with van der Waals surface area (Å²) < 4.78 is 0. The topological polar surface area (TPSA) is 49.8 Å². The number of nitrogens with zero attached hydrogens (tertiary/aromatic N) is 1. The van der Waals surface area contributed by atoms with Crippen LogP contribution < -0.4 is 4.84 Å². The number of hydrogen-bond donors (Lipinski definition) is 1. The van der Waals surface area contributed by atoms with Gasteiger partial charge in [-0.3, -0.25) is 0 Å². The summed E-state index contributed by atoms with van der Waals surface area (Å²) >= 11 is 0. The molecule has 0 spiro atoms. The van der Waals surface area contributed by atoms with Gasteiger partial charge in [-0.1, -0.05) is 12.1 Å². The van der Waals surface area contributed by atoms with Crippen LogP contribution in [0.5, 0.6) is 5.75 Å². The Morgan fingerprint density at radius 2 is 2.00 bits per heavy atom. The zero-order chi connectivity index (χ0) is 9.84. The summed E-state index contributed by atoms with van der Waals surface area (Å²) in [6, 6.07) is 6.50. The Morgan fingerprint density at radius 3 is 2.54 bits per heavy atom. The summed E-state index contributed by atoms with van der Waals surface area (Å²) in [5.74, 6) is -0.641. The monoisotopic (exact) mass is 181 g/mol. The molecule has 0 amide bonds. The molecule has 1 N–H and O–H groups in total. The molecule has 1 aromatic carbocycles. The molecule has 0 aliphatic rings. The summed E-state index contributed by atoms with van der Waals surface area (Å²) in [4.78, 5) is 15.9. The highest BCUT2D eigenvalue weighted by Crippen LogP contribution is 2.17. The first kappa shape index (κ1) is 9.54. The van der Waals surface area contributed by atoms with Crippen molar-refractivity contribution in [2.24, 2.45) is 0 Å². The molecular weight excluding hydrogens is 170 g/mol. The number of hydrogen-bond acceptors (Lipinski definition) is 3. The molecule has 0 saturated heterocycles. The van der Waals surface area contributed by atoms with Crippen LogP contribution in [0.15, 0.2) is 24.3 Å². The lowest BCUT2D eigenvalue weighted by Crippen LogP contribution is -2.17. The Hall–Kier alpha value is -1.55. The highest BCUT2D eigenvalue weighted by Gasteiger charge is 2.10. The molecule has 1 aromatic rings. The molecule has 0 atom stereocenters. The van der Waals surface area contributed by atoms with E-state index in [2.05, 4.69) is 0 Å². The number of para-hydroxylation sites is 1. The number of hydroxylamine groups is 2. The van der Waals surface area contributed by atoms with Gasteiger partial charge in [0.25, 0.3) is 0 Å². The van der Waals surface area contributed by atoms with Gasteiger partial charge in [-0.25, -0.2) is 4.79 Å². The fraction of sp³-hybridized carbons (Fsp3) is 0.222. The fourth-order valence-corrected chi connectivity index (χ4v) is 0.920. The summed E-state index contributed by atoms with van der Waals surface area (Å²) in [6.45, 7) is 0. The highest BCUT2D eigenvalue weighted by molar-refractivity contribution is 5.90. The number of carbonyl (C=O) groups is 1. The summed E-state index contributed by atoms with van der Waals surface area (Å²) in [5.41, 5.74) is 0.163. The molecule has 0 saturated carbocycles. The van der Waals surface area contributed by atoms with Gasteiger partial charge in [-0.2, -0.15) is 5.06 Å². The van der Waals surface area contributed by atoms with Crippen molar-refractivity contribution in [3.63, 3.8) is 0 Å². The number of carboxylic acids is 1. The first-order valence-electron chi connectivity index (χ1n) is 3.79. The van der Waals surface area contributed by atoms with E-state index < -0.39 is 5.97 Å². The third kappa shape index (κ3) is 2.45. The number of aromatic carboxylic acids is 1. The summed E-state index contributed by atoms with van der Waals surface area (Å²) in [6.07, 6.45) is 0. The van der Waals surface area contributed by atoms with Gasteiger partial charge in [-0.15, -0.1) is 0 Å². The van der Waals surface area contributed by atoms with Crippen molar-refractivity contribution in [3.05, 3.63) is 29.8 Å². The smallest absolute Gasteiger partial charge is 0.339 e. The zero-order valence-corrected chi connectivity index (χ0v) is 7.52. The van der Waals surface area contributed by atoms with E-state index in [1.165, 1.54) is 11.1 Å². The zero-order valence-electron chi connectivity index (χ0n) is 7.52. The Morgan fingerprint density at radius 1 is 1.38 bits per heavy atom. The average molecular weight is 181 g/mol. The van der Waals surface area contributed by atoms with Crippen LogP contribution >= 0.6 is 0 Å². The van der Waals surface area contributed by atoms with Crippen LogP contribution in [0.2, 0.25) is 0 Å². The first-order valence-corrected chi connectivity index (χ1v) is 3.79. The van der Waals surface area contributed by atoms with Gasteiger partial charge >= 0.3 is 5.97 Å². The SMILES string of the molecule is CN(C)Oc1ccccc1C(=O)O. The van der Waals surface area contributed by atoms with Gasteiger partial charge < -0.3 is 9.94 Å². The molecule has 1 rings (SSSR count). The van der Waals surface area contributed by atoms with Gasteiger partial charge in [0.2, 0.25) is 0 Å². The second-order valence-electron chi connectivity index (χ2n) is 2.70. The Balaban J connectivity index is 2.98. The average Bonchev–Trinajstić information content (AvgIpc) is 2.03. The molecule has 4 heteroatoms. The van der Waals surface area contributed by atoms with Gasteiger partial charge in [0, 0.05) is 14.1 Å². The Bertz CT molecular complexity index is 309. The van der Waals surface area contributed by atoms with Crippen molar-refractivity contribution in [1.29, 1.82) is 0 Å². The van der Waals surface area contributed by atoms with Gasteiger partial charge in [0.05, 0.1) is 0 Å². The third-order valence-corrected chi connectivity index (χ3v) is 1.40. The molecular formula is C9H11NO3. The molecule has 0 aromatic heterocycles. The van der Waals surface area contributed by atoms with Crippen LogP contribution in [0.1, 0.15) is 10.4 Å². The molecule has 0 radical (unpaired) electrons. The largest absolute Gasteiger partial charge is 0.478 e. The van der Waals surface area contributed by atoms with E-state index in [1.54, 1.807) is 32.3 Å². The number of benzene rings is 1. The summed E-state index contributed by atoms with van der Waals surface area (Å²) in [5, 5.41) is 10.2. The van der Waals surface area contributed by atoms with E-state index in [-0.39, 0.29) is 5.56 Å². The second-order valence-corrected chi connectivity index (χ2v) is 2.70. The van der Waals surface area contributed by atoms with E-state index in [1.807, 2.05) is 0 Å². The minimum atomic E-state index is -0.988. The molecule has 0 unspecified atom stereocenters. The molecule has 0 bridgehead atoms. The molecule has 0 heterocycles. The fourth-order valence-electron chi connectivity index (χ4n) is 0.920. The highest BCUT2D eigenvalue weighted by atomic mass is 16.7. The Labute approximate surface area is 76.3 Å². The second kappa shape index (κ2) is 3.91. The van der Waals surface area contributed by atoms with E-state index in [9.17, 15) is 4.79 Å². The van der Waals surface area contributed by atoms with Gasteiger partial charge in [0.1, 0.15) is 5.56 Å². The normalized spacial score (nSPS) is 10.1. The van der Waals surface area contributed by atoms with Crippen molar-refractivity contribution in [2.45, 2.75) is 0 Å². The van der Waals surface area contributed by atoms with E-state index in [0.29, 0.717) is 5.75 Å². The van der Waals surface area contributed by atoms with Crippen LogP contribution in [-0.2, 0) is 0 Å². The van der Waals surface area contributed by atoms with Crippen LogP contribution in [0.25, 0.3) is 0 Å². The maximum Gasteiger partial charge on any atom is 0.339 e. The lowest BCUT2D eigenvalue weighted by atomic mass is 10.2. The van der Waals surface area contributed by atoms with Crippen LogP contribution in [-0.4, -0.2) is 30.2 Å². The van der Waals surface area contributed by atoms with E-state index in [0.717, 1.165) is 0 Å². The van der Waals surface area contributed by atoms with Gasteiger partial charge in [-0.05, 0) is 12.1 Å². The van der Waals surface area contributed by atoms with Crippen molar-refractivity contribution >= 4 is 5.97 Å². The number of carboxylic acid groups (broad SMARTS) is 1. The van der Waals surface area contributed by atoms with Crippen molar-refractivity contribution in [3.8, 4) is 5.75 Å². The minimum absolute atomic E-state index is 0.163. The molecule has 0 aliphatic heterocycles. The number of rotatable bonds is 3. The predicted octanol–water partition coefficient (Wildman–Crippen LogP) is 1.24. The molecule has 4 nitrogen and oxygen atoms in total. The lowest BCUT2D eigenvalue weighted by molar-refractivity contribution is -0.00465. The third-order valence-electron chi connectivity index (χ3n) is 1.40. The van der Waals surface area contributed by atoms with E-state index >= 15 is 0 Å². The van der Waals surface area contributed by atoms with E-state index in [4.69, 9.17) is 9.94 Å². The lowest BCUT2D eigenvalue weighted by Gasteiger charge is -2.13. The van der Waals surface area contributed by atoms with Gasteiger partial charge in [0.15, 0.2) is 5.75 Å². The van der Waals surface area contributed by atoms with Crippen LogP contribution in [0.4, 0.5) is 0 Å². The molecule has 0 fully saturated rings. The van der Waals surface area contributed by atoms with Crippen molar-refractivity contribution < 1.29 is 14.7 Å².